The molecule has 0 amide bonds. The Kier molecular flexibility index (Phi) is 8.38. The lowest BCUT2D eigenvalue weighted by Crippen LogP contribution is -2.27. The molecule has 1 fully saturated rings. The summed E-state index contributed by atoms with van der Waals surface area (Å²) in [6, 6.07) is 12.0. The molecule has 3 aromatic carbocycles. The van der Waals surface area contributed by atoms with Gasteiger partial charge in [0.25, 0.3) is 5.88 Å². The number of rotatable bonds is 8. The van der Waals surface area contributed by atoms with Gasteiger partial charge in [0, 0.05) is 23.0 Å². The van der Waals surface area contributed by atoms with Crippen LogP contribution >= 0.6 is 11.6 Å². The van der Waals surface area contributed by atoms with E-state index in [4.69, 9.17) is 26.3 Å². The van der Waals surface area contributed by atoms with Crippen LogP contribution in [-0.2, 0) is 17.8 Å². The number of imidazole rings is 1. The van der Waals surface area contributed by atoms with Crippen LogP contribution in [0.1, 0.15) is 52.8 Å². The van der Waals surface area contributed by atoms with Crippen LogP contribution in [0.5, 0.6) is 5.88 Å². The quantitative estimate of drug-likeness (QED) is 0.170. The molecule has 1 aliphatic rings. The van der Waals surface area contributed by atoms with Crippen LogP contribution in [0.2, 0.25) is 5.02 Å². The molecule has 0 unspecified atom stereocenters. The number of aromatic nitrogens is 3. The Labute approximate surface area is 270 Å². The fraction of sp³-hybridized carbons (Fsp3) is 0.235. The molecule has 0 aliphatic carbocycles. The van der Waals surface area contributed by atoms with Gasteiger partial charge in [0.2, 0.25) is 0 Å². The maximum atomic E-state index is 15.7. The summed E-state index contributed by atoms with van der Waals surface area (Å²) >= 11 is 6.44. The highest BCUT2D eigenvalue weighted by Gasteiger charge is 2.39. The molecule has 2 aromatic heterocycles. The lowest BCUT2D eigenvalue weighted by atomic mass is 9.87. The number of ether oxygens (including phenoxy) is 2. The van der Waals surface area contributed by atoms with Crippen molar-refractivity contribution in [3.8, 4) is 23.2 Å². The first-order valence-electron chi connectivity index (χ1n) is 14.3. The number of hydrogen-bond donors (Lipinski definition) is 1. The number of halogens is 5. The van der Waals surface area contributed by atoms with Crippen molar-refractivity contribution in [3.63, 3.8) is 0 Å². The molecule has 1 N–H and O–H groups in total. The minimum absolute atomic E-state index is 0.0382. The molecule has 0 saturated carbocycles. The van der Waals surface area contributed by atoms with E-state index >= 15 is 8.78 Å². The second-order valence-corrected chi connectivity index (χ2v) is 12.2. The van der Waals surface area contributed by atoms with Crippen LogP contribution in [0.25, 0.3) is 22.3 Å². The molecule has 0 spiro atoms. The first kappa shape index (κ1) is 32.0. The summed E-state index contributed by atoms with van der Waals surface area (Å²) in [7, 11) is 0. The first-order valence-corrected chi connectivity index (χ1v) is 14.7. The standard InChI is InChI=1S/C34H25ClF4N4O4/c1-34(2)16-46-15-29(34)43-28-10-20(33(44)45)8-22(35)31(28)42-30(43)11-19-9-26(39)21(12-25(19)38)27-6-5-23(36)32(41-27)47-14-18-4-3-17(13-40)7-24(18)37/h3-10,12,29H,11,14-16H2,1-2H3,(H,44,45)/t29-/m1/s1. The highest BCUT2D eigenvalue weighted by Crippen LogP contribution is 2.41. The van der Waals surface area contributed by atoms with Crippen molar-refractivity contribution < 1.29 is 36.9 Å². The summed E-state index contributed by atoms with van der Waals surface area (Å²) in [5.41, 5.74) is -0.0232. The Morgan fingerprint density at radius 2 is 1.81 bits per heavy atom. The van der Waals surface area contributed by atoms with Crippen LogP contribution in [-0.4, -0.2) is 38.8 Å². The molecule has 1 saturated heterocycles. The number of carbonyl (C=O) groups is 1. The molecule has 8 nitrogen and oxygen atoms in total. The second-order valence-electron chi connectivity index (χ2n) is 11.8. The lowest BCUT2D eigenvalue weighted by Gasteiger charge is -2.28. The number of nitriles is 1. The Morgan fingerprint density at radius 1 is 1.04 bits per heavy atom. The van der Waals surface area contributed by atoms with Gasteiger partial charge in [-0.15, -0.1) is 0 Å². The average molecular weight is 665 g/mol. The van der Waals surface area contributed by atoms with Crippen LogP contribution in [0.3, 0.4) is 0 Å². The van der Waals surface area contributed by atoms with Gasteiger partial charge in [-0.1, -0.05) is 31.5 Å². The van der Waals surface area contributed by atoms with Gasteiger partial charge in [0.05, 0.1) is 52.7 Å². The van der Waals surface area contributed by atoms with Crippen LogP contribution in [0, 0.1) is 40.0 Å². The second kappa shape index (κ2) is 12.3. The molecule has 0 radical (unpaired) electrons. The van der Waals surface area contributed by atoms with Gasteiger partial charge < -0.3 is 19.1 Å². The van der Waals surface area contributed by atoms with E-state index in [9.17, 15) is 18.7 Å². The zero-order valence-corrected chi connectivity index (χ0v) is 25.7. The fourth-order valence-electron chi connectivity index (χ4n) is 5.62. The van der Waals surface area contributed by atoms with Crippen molar-refractivity contribution in [1.29, 1.82) is 5.26 Å². The molecule has 13 heteroatoms. The summed E-state index contributed by atoms with van der Waals surface area (Å²) in [5, 5.41) is 18.6. The van der Waals surface area contributed by atoms with Crippen LogP contribution < -0.4 is 4.74 Å². The van der Waals surface area contributed by atoms with Crippen molar-refractivity contribution >= 4 is 28.6 Å². The van der Waals surface area contributed by atoms with E-state index in [-0.39, 0.29) is 57.6 Å². The number of nitrogens with zero attached hydrogens (tertiary/aromatic N) is 4. The van der Waals surface area contributed by atoms with Gasteiger partial charge in [-0.05, 0) is 54.1 Å². The molecular weight excluding hydrogens is 640 g/mol. The zero-order valence-electron chi connectivity index (χ0n) is 25.0. The van der Waals surface area contributed by atoms with Gasteiger partial charge in [0.15, 0.2) is 5.82 Å². The van der Waals surface area contributed by atoms with Crippen molar-refractivity contribution in [2.45, 2.75) is 32.9 Å². The van der Waals surface area contributed by atoms with E-state index < -0.39 is 47.1 Å². The highest BCUT2D eigenvalue weighted by atomic mass is 35.5. The number of hydrogen-bond acceptors (Lipinski definition) is 6. The number of aromatic carboxylic acids is 1. The summed E-state index contributed by atoms with van der Waals surface area (Å²) in [4.78, 5) is 20.4. The topological polar surface area (TPSA) is 110 Å². The maximum Gasteiger partial charge on any atom is 0.335 e. The normalized spacial score (nSPS) is 15.6. The van der Waals surface area contributed by atoms with E-state index in [2.05, 4.69) is 9.97 Å². The van der Waals surface area contributed by atoms with Crippen molar-refractivity contribution in [2.24, 2.45) is 5.41 Å². The van der Waals surface area contributed by atoms with Gasteiger partial charge in [-0.2, -0.15) is 5.26 Å². The average Bonchev–Trinajstić information content (AvgIpc) is 3.56. The first-order chi connectivity index (χ1) is 22.4. The maximum absolute atomic E-state index is 15.7. The van der Waals surface area contributed by atoms with Gasteiger partial charge in [-0.25, -0.2) is 32.3 Å². The molecule has 1 aliphatic heterocycles. The number of fused-ring (bicyclic) bond motifs is 1. The predicted octanol–water partition coefficient (Wildman–Crippen LogP) is 7.65. The van der Waals surface area contributed by atoms with Crippen LogP contribution in [0.4, 0.5) is 17.6 Å². The van der Waals surface area contributed by atoms with E-state index in [1.54, 1.807) is 4.57 Å². The number of benzene rings is 3. The molecule has 5 aromatic rings. The summed E-state index contributed by atoms with van der Waals surface area (Å²) < 4.78 is 73.0. The fourth-order valence-corrected chi connectivity index (χ4v) is 5.88. The Hall–Kier alpha value is -4.99. The molecule has 3 heterocycles. The van der Waals surface area contributed by atoms with Crippen molar-refractivity contribution in [1.82, 2.24) is 14.5 Å². The summed E-state index contributed by atoms with van der Waals surface area (Å²) in [6.45, 7) is 4.23. The Bertz CT molecular complexity index is 2110. The van der Waals surface area contributed by atoms with Crippen molar-refractivity contribution in [3.05, 3.63) is 111 Å². The third kappa shape index (κ3) is 6.12. The van der Waals surface area contributed by atoms with Crippen molar-refractivity contribution in [2.75, 3.05) is 13.2 Å². The number of carboxylic acid groups (broad SMARTS) is 1. The summed E-state index contributed by atoms with van der Waals surface area (Å²) in [5.74, 6) is -4.70. The molecule has 6 rings (SSSR count). The third-order valence-corrected chi connectivity index (χ3v) is 8.44. The minimum Gasteiger partial charge on any atom is -0.478 e. The Balaban J connectivity index is 1.34. The summed E-state index contributed by atoms with van der Waals surface area (Å²) in [6.07, 6.45) is -0.176. The number of pyridine rings is 1. The smallest absolute Gasteiger partial charge is 0.335 e. The SMILES string of the molecule is CC1(C)COC[C@H]1n1c(Cc2cc(F)c(-c3ccc(F)c(OCc4ccc(C#N)cc4F)n3)cc2F)nc2c(Cl)cc(C(=O)O)cc21. The Morgan fingerprint density at radius 3 is 2.49 bits per heavy atom. The molecule has 240 valence electrons. The van der Waals surface area contributed by atoms with E-state index in [0.717, 1.165) is 30.3 Å². The minimum atomic E-state index is -1.18. The molecule has 47 heavy (non-hydrogen) atoms. The van der Waals surface area contributed by atoms with Crippen LogP contribution in [0.15, 0.2) is 54.6 Å². The van der Waals surface area contributed by atoms with E-state index in [1.165, 1.54) is 24.3 Å². The highest BCUT2D eigenvalue weighted by molar-refractivity contribution is 6.35. The molecule has 0 bridgehead atoms. The van der Waals surface area contributed by atoms with Gasteiger partial charge in [-0.3, -0.25) is 0 Å². The largest absolute Gasteiger partial charge is 0.478 e. The van der Waals surface area contributed by atoms with E-state index in [0.29, 0.717) is 23.5 Å². The lowest BCUT2D eigenvalue weighted by molar-refractivity contribution is 0.0697. The predicted molar refractivity (Wildman–Crippen MR) is 163 cm³/mol. The number of carboxylic acids is 1. The van der Waals surface area contributed by atoms with E-state index in [1.807, 2.05) is 19.9 Å². The third-order valence-electron chi connectivity index (χ3n) is 8.15. The zero-order chi connectivity index (χ0) is 33.6. The van der Waals surface area contributed by atoms with Gasteiger partial charge >= 0.3 is 5.97 Å². The monoisotopic (exact) mass is 664 g/mol. The molecular formula is C34H25ClF4N4O4. The molecule has 1 atom stereocenters. The van der Waals surface area contributed by atoms with Gasteiger partial charge in [0.1, 0.15) is 35.4 Å².